The lowest BCUT2D eigenvalue weighted by molar-refractivity contribution is -0.118. The minimum absolute atomic E-state index is 0.217. The van der Waals surface area contributed by atoms with E-state index >= 15 is 0 Å². The van der Waals surface area contributed by atoms with Crippen molar-refractivity contribution in [2.75, 3.05) is 32.0 Å². The topological polar surface area (TPSA) is 95.9 Å². The number of anilines is 1. The fourth-order valence-corrected chi connectivity index (χ4v) is 4.21. The van der Waals surface area contributed by atoms with Crippen molar-refractivity contribution in [1.82, 2.24) is 15.2 Å². The predicted octanol–water partition coefficient (Wildman–Crippen LogP) is 4.12. The molecule has 0 aliphatic carbocycles. The first-order chi connectivity index (χ1) is 16.0. The van der Waals surface area contributed by atoms with Crippen molar-refractivity contribution >= 4 is 23.4 Å². The lowest BCUT2D eigenvalue weighted by atomic mass is 10.1. The number of hydrogen-bond acceptors (Lipinski definition) is 9. The minimum Gasteiger partial charge on any atom is -0.493 e. The summed E-state index contributed by atoms with van der Waals surface area (Å²) in [6.07, 6.45) is -0.866. The van der Waals surface area contributed by atoms with Crippen molar-refractivity contribution in [1.29, 1.82) is 0 Å². The Balaban J connectivity index is 1.97. The summed E-state index contributed by atoms with van der Waals surface area (Å²) >= 11 is 1.46. The van der Waals surface area contributed by atoms with Gasteiger partial charge in [-0.2, -0.15) is 4.98 Å². The lowest BCUT2D eigenvalue weighted by Gasteiger charge is -2.30. The van der Waals surface area contributed by atoms with Crippen molar-refractivity contribution in [3.63, 3.8) is 0 Å². The van der Waals surface area contributed by atoms with Crippen LogP contribution in [-0.2, 0) is 4.79 Å². The van der Waals surface area contributed by atoms with E-state index in [1.807, 2.05) is 31.2 Å². The van der Waals surface area contributed by atoms with Crippen LogP contribution in [0.1, 0.15) is 25.6 Å². The van der Waals surface area contributed by atoms with Crippen LogP contribution in [0.15, 0.2) is 41.6 Å². The van der Waals surface area contributed by atoms with Gasteiger partial charge in [0.15, 0.2) is 17.2 Å². The number of ether oxygens (including phenoxy) is 4. The highest BCUT2D eigenvalue weighted by atomic mass is 32.2. The van der Waals surface area contributed by atoms with Crippen LogP contribution < -0.4 is 23.8 Å². The molecule has 0 radical (unpaired) electrons. The zero-order valence-corrected chi connectivity index (χ0v) is 19.8. The van der Waals surface area contributed by atoms with E-state index in [1.54, 1.807) is 17.0 Å². The van der Waals surface area contributed by atoms with Crippen LogP contribution in [-0.4, -0.2) is 48.2 Å². The third-order valence-corrected chi connectivity index (χ3v) is 5.82. The van der Waals surface area contributed by atoms with E-state index in [1.165, 1.54) is 40.0 Å². The maximum Gasteiger partial charge on any atom is 0.247 e. The summed E-state index contributed by atoms with van der Waals surface area (Å²) in [5.41, 5.74) is 2.41. The molecule has 0 unspecified atom stereocenters. The zero-order chi connectivity index (χ0) is 23.5. The van der Waals surface area contributed by atoms with Gasteiger partial charge in [-0.15, -0.1) is 10.2 Å². The number of amides is 1. The first-order valence-corrected chi connectivity index (χ1v) is 11.2. The number of para-hydroxylation sites is 1. The highest BCUT2D eigenvalue weighted by Gasteiger charge is 2.35. The van der Waals surface area contributed by atoms with Crippen LogP contribution in [0.25, 0.3) is 11.3 Å². The van der Waals surface area contributed by atoms with Gasteiger partial charge < -0.3 is 18.9 Å². The molecule has 10 heteroatoms. The van der Waals surface area contributed by atoms with Crippen LogP contribution in [0.3, 0.4) is 0 Å². The molecular weight excluding hydrogens is 444 g/mol. The normalized spacial score (nSPS) is 14.5. The number of hydrogen-bond donors (Lipinski definition) is 0. The van der Waals surface area contributed by atoms with E-state index in [0.29, 0.717) is 44.9 Å². The number of fused-ring (bicyclic) bond motifs is 3. The third-order valence-electron chi connectivity index (χ3n) is 5.10. The van der Waals surface area contributed by atoms with E-state index < -0.39 is 6.23 Å². The first kappa shape index (κ1) is 22.7. The summed E-state index contributed by atoms with van der Waals surface area (Å²) in [6, 6.07) is 11.0. The van der Waals surface area contributed by atoms with Crippen molar-refractivity contribution in [2.45, 2.75) is 25.2 Å². The first-order valence-electron chi connectivity index (χ1n) is 10.3. The second-order valence-electron chi connectivity index (χ2n) is 7.02. The summed E-state index contributed by atoms with van der Waals surface area (Å²) in [5.74, 6) is 2.19. The van der Waals surface area contributed by atoms with Crippen LogP contribution in [0.4, 0.5) is 5.69 Å². The highest BCUT2D eigenvalue weighted by molar-refractivity contribution is 7.99. The predicted molar refractivity (Wildman–Crippen MR) is 124 cm³/mol. The smallest absolute Gasteiger partial charge is 0.247 e. The van der Waals surface area contributed by atoms with Crippen molar-refractivity contribution in [3.8, 4) is 34.4 Å². The molecule has 1 aliphatic rings. The largest absolute Gasteiger partial charge is 0.493 e. The Labute approximate surface area is 196 Å². The molecule has 0 fully saturated rings. The second-order valence-corrected chi connectivity index (χ2v) is 8.25. The summed E-state index contributed by atoms with van der Waals surface area (Å²) in [5, 5.41) is 9.11. The van der Waals surface area contributed by atoms with Crippen LogP contribution >= 0.6 is 11.8 Å². The Kier molecular flexibility index (Phi) is 6.55. The van der Waals surface area contributed by atoms with Gasteiger partial charge in [0.2, 0.25) is 28.9 Å². The number of methoxy groups -OCH3 is 3. The second kappa shape index (κ2) is 9.53. The standard InChI is InChI=1S/C23H24N4O5S/c1-6-33-23-24-21-19(25-26-23)15-9-7-8-10-16(15)27(13(2)28)22(32-21)14-11-17(29-3)20(31-5)18(12-14)30-4/h7-12,22H,6H2,1-5H3/t22-/m0/s1. The minimum atomic E-state index is -0.866. The number of thioether (sulfide) groups is 1. The van der Waals surface area contributed by atoms with Gasteiger partial charge in [0.1, 0.15) is 0 Å². The molecule has 1 aliphatic heterocycles. The zero-order valence-electron chi connectivity index (χ0n) is 19.0. The number of nitrogens with zero attached hydrogens (tertiary/aromatic N) is 4. The molecule has 33 heavy (non-hydrogen) atoms. The molecule has 2 aromatic carbocycles. The maximum absolute atomic E-state index is 12.9. The molecule has 0 N–H and O–H groups in total. The van der Waals surface area contributed by atoms with Crippen LogP contribution in [0, 0.1) is 0 Å². The van der Waals surface area contributed by atoms with Crippen molar-refractivity contribution < 1.29 is 23.7 Å². The van der Waals surface area contributed by atoms with Gasteiger partial charge in [0.25, 0.3) is 0 Å². The van der Waals surface area contributed by atoms with E-state index in [4.69, 9.17) is 18.9 Å². The number of aromatic nitrogens is 3. The molecule has 0 saturated heterocycles. The molecule has 9 nitrogen and oxygen atoms in total. The fourth-order valence-electron chi connectivity index (χ4n) is 3.70. The van der Waals surface area contributed by atoms with Gasteiger partial charge in [-0.25, -0.2) is 0 Å². The average molecular weight is 469 g/mol. The molecule has 1 atom stereocenters. The molecule has 2 heterocycles. The Morgan fingerprint density at radius 3 is 2.39 bits per heavy atom. The molecule has 1 amide bonds. The molecule has 4 rings (SSSR count). The Hall–Kier alpha value is -3.53. The summed E-state index contributed by atoms with van der Waals surface area (Å²) in [6.45, 7) is 3.49. The lowest BCUT2D eigenvalue weighted by Crippen LogP contribution is -2.36. The van der Waals surface area contributed by atoms with Gasteiger partial charge in [-0.3, -0.25) is 9.69 Å². The van der Waals surface area contributed by atoms with E-state index in [9.17, 15) is 4.79 Å². The fraction of sp³-hybridized carbons (Fsp3) is 0.304. The molecule has 0 saturated carbocycles. The van der Waals surface area contributed by atoms with Gasteiger partial charge in [-0.1, -0.05) is 36.9 Å². The van der Waals surface area contributed by atoms with Gasteiger partial charge in [-0.05, 0) is 24.0 Å². The summed E-state index contributed by atoms with van der Waals surface area (Å²) in [4.78, 5) is 19.1. The molecule has 172 valence electrons. The Bertz CT molecular complexity index is 1160. The Morgan fingerprint density at radius 1 is 1.09 bits per heavy atom. The Morgan fingerprint density at radius 2 is 1.79 bits per heavy atom. The monoisotopic (exact) mass is 468 g/mol. The van der Waals surface area contributed by atoms with Crippen LogP contribution in [0.2, 0.25) is 0 Å². The van der Waals surface area contributed by atoms with Gasteiger partial charge in [0.05, 0.1) is 27.0 Å². The molecule has 0 spiro atoms. The van der Waals surface area contributed by atoms with Gasteiger partial charge >= 0.3 is 0 Å². The molecule has 3 aromatic rings. The summed E-state index contributed by atoms with van der Waals surface area (Å²) < 4.78 is 22.9. The quantitative estimate of drug-likeness (QED) is 0.495. The number of carbonyl (C=O) groups is 1. The molecular formula is C23H24N4O5S. The van der Waals surface area contributed by atoms with E-state index in [2.05, 4.69) is 15.2 Å². The number of benzene rings is 2. The van der Waals surface area contributed by atoms with Crippen LogP contribution in [0.5, 0.6) is 23.1 Å². The molecule has 1 aromatic heterocycles. The highest BCUT2D eigenvalue weighted by Crippen LogP contribution is 2.46. The van der Waals surface area contributed by atoms with E-state index in [0.717, 1.165) is 5.75 Å². The third kappa shape index (κ3) is 4.13. The summed E-state index contributed by atoms with van der Waals surface area (Å²) in [7, 11) is 4.60. The van der Waals surface area contributed by atoms with Crippen molar-refractivity contribution in [2.24, 2.45) is 0 Å². The average Bonchev–Trinajstić information content (AvgIpc) is 2.97. The number of carbonyl (C=O) groups excluding carboxylic acids is 1. The number of rotatable bonds is 6. The van der Waals surface area contributed by atoms with Crippen molar-refractivity contribution in [3.05, 3.63) is 42.0 Å². The maximum atomic E-state index is 12.9. The SMILES string of the molecule is CCSc1nnc2c(n1)O[C@@H](c1cc(OC)c(OC)c(OC)c1)N(C(C)=O)c1ccccc1-2. The molecule has 0 bridgehead atoms. The van der Waals surface area contributed by atoms with Gasteiger partial charge in [0, 0.05) is 18.1 Å². The van der Waals surface area contributed by atoms with E-state index in [-0.39, 0.29) is 11.8 Å².